The zero-order chi connectivity index (χ0) is 30.5. The van der Waals surface area contributed by atoms with Gasteiger partial charge in [-0.3, -0.25) is 9.59 Å². The number of hydrogen-bond acceptors (Lipinski definition) is 3. The minimum atomic E-state index is -0.724. The topological polar surface area (TPSA) is 73.2 Å². The van der Waals surface area contributed by atoms with E-state index in [0.717, 1.165) is 65.9 Å². The lowest BCUT2D eigenvalue weighted by Crippen LogP contribution is -2.30. The van der Waals surface area contributed by atoms with Crippen LogP contribution in [-0.2, 0) is 33.4 Å². The van der Waals surface area contributed by atoms with Crippen molar-refractivity contribution in [2.45, 2.75) is 84.1 Å². The Balaban J connectivity index is 1.44. The van der Waals surface area contributed by atoms with Gasteiger partial charge < -0.3 is 10.0 Å². The summed E-state index contributed by atoms with van der Waals surface area (Å²) in [6, 6.07) is 23.1. The van der Waals surface area contributed by atoms with Crippen LogP contribution in [0.1, 0.15) is 81.2 Å². The summed E-state index contributed by atoms with van der Waals surface area (Å²) in [5.41, 5.74) is 7.01. The van der Waals surface area contributed by atoms with Crippen molar-refractivity contribution < 1.29 is 14.7 Å². The Morgan fingerprint density at radius 1 is 1.00 bits per heavy atom. The first-order chi connectivity index (χ1) is 20.0. The number of carboxylic acid groups (broad SMARTS) is 1. The Morgan fingerprint density at radius 2 is 1.69 bits per heavy atom. The van der Waals surface area contributed by atoms with Crippen LogP contribution < -0.4 is 0 Å². The zero-order valence-corrected chi connectivity index (χ0v) is 26.0. The molecule has 222 valence electrons. The lowest BCUT2D eigenvalue weighted by Gasteiger charge is -2.23. The number of amides is 1. The molecule has 4 rings (SSSR count). The van der Waals surface area contributed by atoms with Crippen molar-refractivity contribution in [2.75, 3.05) is 13.6 Å². The number of carboxylic acids is 1. The predicted molar refractivity (Wildman–Crippen MR) is 171 cm³/mol. The van der Waals surface area contributed by atoms with Gasteiger partial charge in [0.1, 0.15) is 5.84 Å². The van der Waals surface area contributed by atoms with E-state index in [4.69, 9.17) is 5.10 Å². The highest BCUT2D eigenvalue weighted by molar-refractivity contribution is 5.86. The maximum absolute atomic E-state index is 12.0. The molecule has 0 aromatic heterocycles. The van der Waals surface area contributed by atoms with Crippen LogP contribution in [0.15, 0.2) is 71.8 Å². The summed E-state index contributed by atoms with van der Waals surface area (Å²) in [7, 11) is 2.01. The fourth-order valence-corrected chi connectivity index (χ4v) is 5.44. The van der Waals surface area contributed by atoms with E-state index in [1.54, 1.807) is 0 Å². The first-order valence-electron chi connectivity index (χ1n) is 15.0. The van der Waals surface area contributed by atoms with E-state index in [-0.39, 0.29) is 5.41 Å². The SMILES string of the molecule is CCN(C)/C(CCCc1cccc(-c2ccc(C)c(C3(C(=O)O)CC3)c2)c1)=N\N(C=O)Cc1ccc(C(C)(C)C)cc1. The fourth-order valence-electron chi connectivity index (χ4n) is 5.44. The molecule has 6 nitrogen and oxygen atoms in total. The van der Waals surface area contributed by atoms with Crippen molar-refractivity contribution in [1.82, 2.24) is 9.91 Å². The molecule has 1 aliphatic rings. The third-order valence-corrected chi connectivity index (χ3v) is 8.48. The molecule has 6 heteroatoms. The number of nitrogens with zero attached hydrogens (tertiary/aromatic N) is 3. The highest BCUT2D eigenvalue weighted by atomic mass is 16.4. The monoisotopic (exact) mass is 567 g/mol. The number of rotatable bonds is 12. The molecule has 0 bridgehead atoms. The van der Waals surface area contributed by atoms with Crippen LogP contribution in [0.25, 0.3) is 11.1 Å². The second-order valence-electron chi connectivity index (χ2n) is 12.7. The van der Waals surface area contributed by atoms with Crippen LogP contribution in [0.3, 0.4) is 0 Å². The summed E-state index contributed by atoms with van der Waals surface area (Å²) in [4.78, 5) is 26.0. The van der Waals surface area contributed by atoms with E-state index >= 15 is 0 Å². The van der Waals surface area contributed by atoms with E-state index in [2.05, 4.69) is 93.3 Å². The number of amidine groups is 1. The van der Waals surface area contributed by atoms with E-state index < -0.39 is 11.4 Å². The molecule has 0 heterocycles. The molecule has 0 aliphatic heterocycles. The molecular formula is C36H45N3O3. The standard InChI is InChI=1S/C36H45N3O3/c1-7-38(6)33(37-39(25-40)24-28-15-18-31(19-16-28)35(3,4)5)13-9-11-27-10-8-12-29(22-27)30-17-14-26(2)32(23-30)36(20-21-36)34(41)42/h8,10,12,14-19,22-23,25H,7,9,11,13,20-21,24H2,1-6H3,(H,41,42)/b37-33-. The fraction of sp³-hybridized carbons (Fsp3) is 0.417. The Bertz CT molecular complexity index is 1430. The highest BCUT2D eigenvalue weighted by Gasteiger charge is 2.52. The number of benzene rings is 3. The Hall–Kier alpha value is -3.93. The number of carbonyl (C=O) groups excluding carboxylic acids is 1. The molecule has 0 unspecified atom stereocenters. The molecule has 42 heavy (non-hydrogen) atoms. The van der Waals surface area contributed by atoms with Gasteiger partial charge in [-0.15, -0.1) is 0 Å². The number of hydrazone groups is 1. The number of hydrogen-bond donors (Lipinski definition) is 1. The van der Waals surface area contributed by atoms with Crippen molar-refractivity contribution in [3.05, 3.63) is 94.5 Å². The van der Waals surface area contributed by atoms with Gasteiger partial charge in [-0.2, -0.15) is 5.10 Å². The quantitative estimate of drug-likeness (QED) is 0.108. The van der Waals surface area contributed by atoms with E-state index in [1.807, 2.05) is 20.0 Å². The first kappa shape index (κ1) is 31.0. The number of carbonyl (C=O) groups is 2. The van der Waals surface area contributed by atoms with Gasteiger partial charge in [-0.1, -0.05) is 81.4 Å². The lowest BCUT2D eigenvalue weighted by molar-refractivity contribution is -0.140. The van der Waals surface area contributed by atoms with Crippen LogP contribution in [0, 0.1) is 6.92 Å². The zero-order valence-electron chi connectivity index (χ0n) is 26.0. The molecule has 3 aromatic rings. The minimum absolute atomic E-state index is 0.0837. The van der Waals surface area contributed by atoms with Gasteiger partial charge in [0.25, 0.3) is 0 Å². The van der Waals surface area contributed by atoms with E-state index in [9.17, 15) is 14.7 Å². The largest absolute Gasteiger partial charge is 0.481 e. The maximum Gasteiger partial charge on any atom is 0.314 e. The van der Waals surface area contributed by atoms with Gasteiger partial charge in [-0.05, 0) is 90.0 Å². The average Bonchev–Trinajstić information content (AvgIpc) is 3.78. The molecular weight excluding hydrogens is 522 g/mol. The van der Waals surface area contributed by atoms with Crippen molar-refractivity contribution >= 4 is 18.2 Å². The smallest absolute Gasteiger partial charge is 0.314 e. The second-order valence-corrected chi connectivity index (χ2v) is 12.7. The molecule has 1 N–H and O–H groups in total. The van der Waals surface area contributed by atoms with Crippen LogP contribution >= 0.6 is 0 Å². The summed E-state index contributed by atoms with van der Waals surface area (Å²) in [5.74, 6) is 0.163. The van der Waals surface area contributed by atoms with Crippen LogP contribution in [0.2, 0.25) is 0 Å². The molecule has 1 aliphatic carbocycles. The molecule has 1 amide bonds. The lowest BCUT2D eigenvalue weighted by atomic mass is 9.87. The first-order valence-corrected chi connectivity index (χ1v) is 15.0. The maximum atomic E-state index is 12.0. The highest BCUT2D eigenvalue weighted by Crippen LogP contribution is 2.50. The summed E-state index contributed by atoms with van der Waals surface area (Å²) >= 11 is 0. The summed E-state index contributed by atoms with van der Waals surface area (Å²) < 4.78 is 0. The second kappa shape index (κ2) is 12.9. The Morgan fingerprint density at radius 3 is 2.29 bits per heavy atom. The van der Waals surface area contributed by atoms with Gasteiger partial charge in [0, 0.05) is 20.0 Å². The van der Waals surface area contributed by atoms with Crippen LogP contribution in [0.4, 0.5) is 0 Å². The van der Waals surface area contributed by atoms with E-state index in [0.29, 0.717) is 19.4 Å². The van der Waals surface area contributed by atoms with Crippen molar-refractivity contribution in [1.29, 1.82) is 0 Å². The number of aliphatic carboxylic acids is 1. The van der Waals surface area contributed by atoms with Crippen molar-refractivity contribution in [2.24, 2.45) is 5.10 Å². The van der Waals surface area contributed by atoms with Crippen molar-refractivity contribution in [3.8, 4) is 11.1 Å². The van der Waals surface area contributed by atoms with Crippen LogP contribution in [-0.4, -0.2) is 46.8 Å². The number of aryl methyl sites for hydroxylation is 2. The van der Waals surface area contributed by atoms with Crippen LogP contribution in [0.5, 0.6) is 0 Å². The normalized spacial score (nSPS) is 14.4. The molecule has 0 atom stereocenters. The van der Waals surface area contributed by atoms with Gasteiger partial charge >= 0.3 is 5.97 Å². The van der Waals surface area contributed by atoms with E-state index in [1.165, 1.54) is 16.1 Å². The minimum Gasteiger partial charge on any atom is -0.481 e. The average molecular weight is 568 g/mol. The molecule has 0 spiro atoms. The third kappa shape index (κ3) is 7.28. The van der Waals surface area contributed by atoms with Gasteiger partial charge in [0.2, 0.25) is 6.41 Å². The Labute approximate surface area is 251 Å². The summed E-state index contributed by atoms with van der Waals surface area (Å²) in [6.07, 6.45) is 4.72. The molecule has 0 saturated heterocycles. The summed E-state index contributed by atoms with van der Waals surface area (Å²) in [5, 5.41) is 16.1. The van der Waals surface area contributed by atoms with Gasteiger partial charge in [0.15, 0.2) is 0 Å². The van der Waals surface area contributed by atoms with Gasteiger partial charge in [-0.25, -0.2) is 5.01 Å². The molecule has 0 radical (unpaired) electrons. The van der Waals surface area contributed by atoms with Gasteiger partial charge in [0.05, 0.1) is 12.0 Å². The third-order valence-electron chi connectivity index (χ3n) is 8.48. The molecule has 3 aromatic carbocycles. The molecule has 1 saturated carbocycles. The summed E-state index contributed by atoms with van der Waals surface area (Å²) in [6.45, 7) is 11.9. The molecule has 1 fully saturated rings. The Kier molecular flexibility index (Phi) is 9.55. The predicted octanol–water partition coefficient (Wildman–Crippen LogP) is 7.32. The van der Waals surface area contributed by atoms with Crippen molar-refractivity contribution in [3.63, 3.8) is 0 Å².